The van der Waals surface area contributed by atoms with Crippen molar-refractivity contribution in [2.75, 3.05) is 26.2 Å². The zero-order valence-corrected chi connectivity index (χ0v) is 17.5. The van der Waals surface area contributed by atoms with Gasteiger partial charge < -0.3 is 14.5 Å². The van der Waals surface area contributed by atoms with E-state index in [-0.39, 0.29) is 18.2 Å². The Balaban J connectivity index is 1.59. The second kappa shape index (κ2) is 9.45. The van der Waals surface area contributed by atoms with Crippen LogP contribution in [0.4, 0.5) is 4.79 Å². The minimum atomic E-state index is -0.424. The first-order chi connectivity index (χ1) is 13.9. The van der Waals surface area contributed by atoms with Crippen LogP contribution in [0.3, 0.4) is 0 Å². The van der Waals surface area contributed by atoms with E-state index in [0.717, 1.165) is 31.4 Å². The molecule has 158 valence electrons. The highest BCUT2D eigenvalue weighted by Crippen LogP contribution is 2.18. The summed E-state index contributed by atoms with van der Waals surface area (Å²) in [6.07, 6.45) is 2.10. The highest BCUT2D eigenvalue weighted by atomic mass is 35.5. The molecule has 1 amide bonds. The molecule has 0 radical (unpaired) electrons. The summed E-state index contributed by atoms with van der Waals surface area (Å²) in [6.45, 7) is 6.69. The van der Waals surface area contributed by atoms with Crippen LogP contribution in [0.15, 0.2) is 29.1 Å². The predicted molar refractivity (Wildman–Crippen MR) is 111 cm³/mol. The molecule has 0 aliphatic carbocycles. The number of imidazole rings is 1. The number of carbonyl (C=O) groups is 2. The van der Waals surface area contributed by atoms with Crippen molar-refractivity contribution in [1.29, 1.82) is 0 Å². The van der Waals surface area contributed by atoms with Gasteiger partial charge in [0.1, 0.15) is 11.9 Å². The summed E-state index contributed by atoms with van der Waals surface area (Å²) < 4.78 is 7.02. The molecule has 2 aromatic rings. The number of nitrogens with zero attached hydrogens (tertiary/aromatic N) is 3. The molecule has 1 saturated heterocycles. The van der Waals surface area contributed by atoms with Crippen molar-refractivity contribution in [3.63, 3.8) is 0 Å². The lowest BCUT2D eigenvalue weighted by Gasteiger charge is -2.31. The third kappa shape index (κ3) is 4.82. The maximum absolute atomic E-state index is 12.8. The van der Waals surface area contributed by atoms with E-state index in [1.807, 2.05) is 32.0 Å². The second-order valence-corrected chi connectivity index (χ2v) is 7.89. The Morgan fingerprint density at radius 1 is 1.21 bits per heavy atom. The molecular weight excluding hydrogens is 396 g/mol. The highest BCUT2D eigenvalue weighted by molar-refractivity contribution is 6.13. The van der Waals surface area contributed by atoms with Crippen molar-refractivity contribution < 1.29 is 13.9 Å². The maximum atomic E-state index is 12.8. The molecule has 29 heavy (non-hydrogen) atoms. The molecule has 9 heteroatoms. The Morgan fingerprint density at radius 3 is 2.48 bits per heavy atom. The number of para-hydroxylation sites is 2. The summed E-state index contributed by atoms with van der Waals surface area (Å²) >= 11 is 5.05. The highest BCUT2D eigenvalue weighted by Gasteiger charge is 2.23. The van der Waals surface area contributed by atoms with Gasteiger partial charge in [-0.15, -0.1) is 0 Å². The fourth-order valence-electron chi connectivity index (χ4n) is 3.88. The Morgan fingerprint density at radius 2 is 1.86 bits per heavy atom. The van der Waals surface area contributed by atoms with Crippen LogP contribution in [0.25, 0.3) is 11.0 Å². The van der Waals surface area contributed by atoms with Crippen LogP contribution < -0.4 is 11.0 Å². The van der Waals surface area contributed by atoms with Gasteiger partial charge in [-0.05, 0) is 57.8 Å². The van der Waals surface area contributed by atoms with Crippen molar-refractivity contribution in [1.82, 2.24) is 19.4 Å². The molecule has 0 unspecified atom stereocenters. The van der Waals surface area contributed by atoms with E-state index < -0.39 is 12.0 Å². The molecule has 1 fully saturated rings. The lowest BCUT2D eigenvalue weighted by Crippen LogP contribution is -2.42. The zero-order chi connectivity index (χ0) is 21.0. The van der Waals surface area contributed by atoms with Crippen molar-refractivity contribution >= 4 is 34.9 Å². The van der Waals surface area contributed by atoms with Crippen LogP contribution in [0, 0.1) is 5.92 Å². The molecule has 0 spiro atoms. The Bertz CT molecular complexity index is 928. The topological polar surface area (TPSA) is 85.6 Å². The lowest BCUT2D eigenvalue weighted by molar-refractivity contribution is -0.134. The molecule has 1 aliphatic rings. The minimum Gasteiger partial charge on any atom is -0.348 e. The maximum Gasteiger partial charge on any atom is 0.337 e. The van der Waals surface area contributed by atoms with Gasteiger partial charge in [-0.25, -0.2) is 14.2 Å². The Kier molecular flexibility index (Phi) is 6.97. The number of fused-ring (bicyclic) bond motifs is 1. The molecule has 0 saturated carbocycles. The number of carbonyl (C=O) groups excluding carboxylic acids is 2. The van der Waals surface area contributed by atoms with Gasteiger partial charge in [0.15, 0.2) is 0 Å². The number of aromatic nitrogens is 2. The van der Waals surface area contributed by atoms with E-state index in [4.69, 9.17) is 11.9 Å². The molecule has 8 nitrogen and oxygen atoms in total. The fourth-order valence-corrected chi connectivity index (χ4v) is 3.96. The summed E-state index contributed by atoms with van der Waals surface area (Å²) in [5.74, 6) is -0.0867. The standard InChI is InChI=1S/C20H27ClN4O4/c1-14(2)24-16-5-3-4-6-17(16)25(20(24)28)19(27)22-13-15-7-10-23(11-8-15)12-9-18(26)29-21/h3-6,14-15H,7-13H2,1-2H3,(H,22,27). The number of hydrogen-bond donors (Lipinski definition) is 1. The lowest BCUT2D eigenvalue weighted by atomic mass is 9.97. The van der Waals surface area contributed by atoms with Crippen LogP contribution in [0.5, 0.6) is 0 Å². The number of hydrogen-bond acceptors (Lipinski definition) is 5. The molecule has 1 aromatic heterocycles. The van der Waals surface area contributed by atoms with Crippen LogP contribution in [-0.4, -0.2) is 52.2 Å². The van der Waals surface area contributed by atoms with Crippen molar-refractivity contribution in [2.24, 2.45) is 5.92 Å². The fraction of sp³-hybridized carbons (Fsp3) is 0.550. The van der Waals surface area contributed by atoms with Gasteiger partial charge in [0, 0.05) is 19.1 Å². The van der Waals surface area contributed by atoms with Crippen LogP contribution in [-0.2, 0) is 9.08 Å². The van der Waals surface area contributed by atoms with E-state index in [2.05, 4.69) is 14.5 Å². The molecule has 3 rings (SSSR count). The first kappa shape index (κ1) is 21.4. The van der Waals surface area contributed by atoms with Crippen molar-refractivity contribution in [3.8, 4) is 0 Å². The molecular formula is C20H27ClN4O4. The number of benzene rings is 1. The first-order valence-electron chi connectivity index (χ1n) is 9.96. The summed E-state index contributed by atoms with van der Waals surface area (Å²) in [4.78, 5) is 39.0. The number of piperidine rings is 1. The predicted octanol–water partition coefficient (Wildman–Crippen LogP) is 2.74. The second-order valence-electron chi connectivity index (χ2n) is 7.74. The third-order valence-corrected chi connectivity index (χ3v) is 5.64. The van der Waals surface area contributed by atoms with E-state index in [1.54, 1.807) is 10.6 Å². The summed E-state index contributed by atoms with van der Waals surface area (Å²) in [7, 11) is 0. The molecule has 0 bridgehead atoms. The average molecular weight is 423 g/mol. The summed E-state index contributed by atoms with van der Waals surface area (Å²) in [5, 5.41) is 2.93. The number of rotatable bonds is 6. The van der Waals surface area contributed by atoms with Gasteiger partial charge in [0.2, 0.25) is 0 Å². The molecule has 1 aromatic carbocycles. The van der Waals surface area contributed by atoms with Gasteiger partial charge in [0.05, 0.1) is 17.5 Å². The zero-order valence-electron chi connectivity index (χ0n) is 16.8. The normalized spacial score (nSPS) is 15.7. The largest absolute Gasteiger partial charge is 0.348 e. The minimum absolute atomic E-state index is 0.0399. The molecule has 2 heterocycles. The SMILES string of the molecule is CC(C)n1c(=O)n(C(=O)NCC2CCN(CCC(=O)OCl)CC2)c2ccccc21. The van der Waals surface area contributed by atoms with E-state index in [9.17, 15) is 14.4 Å². The molecule has 0 atom stereocenters. The Hall–Kier alpha value is -2.32. The van der Waals surface area contributed by atoms with Gasteiger partial charge in [-0.1, -0.05) is 12.1 Å². The van der Waals surface area contributed by atoms with E-state index in [1.165, 1.54) is 4.57 Å². The van der Waals surface area contributed by atoms with Crippen LogP contribution >= 0.6 is 11.9 Å². The smallest absolute Gasteiger partial charge is 0.337 e. The van der Waals surface area contributed by atoms with E-state index >= 15 is 0 Å². The Labute approximate surface area is 174 Å². The van der Waals surface area contributed by atoms with Crippen molar-refractivity contribution in [2.45, 2.75) is 39.2 Å². The average Bonchev–Trinajstić information content (AvgIpc) is 3.02. The number of likely N-dealkylation sites (tertiary alicyclic amines) is 1. The third-order valence-electron chi connectivity index (χ3n) is 5.47. The van der Waals surface area contributed by atoms with Crippen molar-refractivity contribution in [3.05, 3.63) is 34.7 Å². The van der Waals surface area contributed by atoms with Gasteiger partial charge in [-0.2, -0.15) is 0 Å². The quantitative estimate of drug-likeness (QED) is 0.773. The monoisotopic (exact) mass is 422 g/mol. The van der Waals surface area contributed by atoms with Gasteiger partial charge >= 0.3 is 17.7 Å². The van der Waals surface area contributed by atoms with Crippen LogP contribution in [0.1, 0.15) is 39.2 Å². The molecule has 1 aliphatic heterocycles. The van der Waals surface area contributed by atoms with Gasteiger partial charge in [0.25, 0.3) is 0 Å². The van der Waals surface area contributed by atoms with E-state index in [0.29, 0.717) is 24.5 Å². The first-order valence-corrected chi connectivity index (χ1v) is 10.3. The number of halogens is 1. The number of nitrogens with one attached hydrogen (secondary N) is 1. The summed E-state index contributed by atoms with van der Waals surface area (Å²) in [5.41, 5.74) is 1.05. The van der Waals surface area contributed by atoms with Gasteiger partial charge in [-0.3, -0.25) is 9.36 Å². The number of amides is 1. The summed E-state index contributed by atoms with van der Waals surface area (Å²) in [6, 6.07) is 6.91. The molecule has 1 N–H and O–H groups in total. The van der Waals surface area contributed by atoms with Crippen LogP contribution in [0.2, 0.25) is 0 Å².